The van der Waals surface area contributed by atoms with Crippen molar-refractivity contribution < 1.29 is 13.9 Å². The van der Waals surface area contributed by atoms with Gasteiger partial charge in [0.25, 0.3) is 0 Å². The largest absolute Gasteiger partial charge is 0.465 e. The number of esters is 1. The number of ether oxygens (including phenoxy) is 1. The first-order valence-corrected chi connectivity index (χ1v) is 7.33. The Hall–Kier alpha value is -3.02. The minimum atomic E-state index is -0.713. The fourth-order valence-corrected chi connectivity index (χ4v) is 2.57. The SMILES string of the molecule is COC(=O)c1cn(Cc2cccc(F)c2)c2nc(C)ccc2c1=O. The van der Waals surface area contributed by atoms with Gasteiger partial charge < -0.3 is 9.30 Å². The van der Waals surface area contributed by atoms with E-state index in [0.717, 1.165) is 5.69 Å². The van der Waals surface area contributed by atoms with Crippen molar-refractivity contribution in [3.05, 3.63) is 75.5 Å². The van der Waals surface area contributed by atoms with Crippen LogP contribution in [0.2, 0.25) is 0 Å². The standard InChI is InChI=1S/C18H15FN2O3/c1-11-6-7-14-16(22)15(18(23)24-2)10-21(17(14)20-11)9-12-4-3-5-13(19)8-12/h3-8,10H,9H2,1-2H3. The summed E-state index contributed by atoms with van der Waals surface area (Å²) in [4.78, 5) is 28.8. The van der Waals surface area contributed by atoms with E-state index < -0.39 is 11.4 Å². The second-order valence-corrected chi connectivity index (χ2v) is 5.45. The Bertz CT molecular complexity index is 995. The van der Waals surface area contributed by atoms with Crippen LogP contribution < -0.4 is 5.43 Å². The fourth-order valence-electron chi connectivity index (χ4n) is 2.57. The lowest BCUT2D eigenvalue weighted by Crippen LogP contribution is -2.21. The molecule has 0 atom stereocenters. The second kappa shape index (κ2) is 6.23. The second-order valence-electron chi connectivity index (χ2n) is 5.45. The van der Waals surface area contributed by atoms with E-state index in [0.29, 0.717) is 16.6 Å². The predicted molar refractivity (Wildman–Crippen MR) is 87.6 cm³/mol. The molecule has 0 radical (unpaired) electrons. The maximum absolute atomic E-state index is 13.4. The average Bonchev–Trinajstić information content (AvgIpc) is 2.56. The van der Waals surface area contributed by atoms with E-state index in [1.54, 1.807) is 28.8 Å². The smallest absolute Gasteiger partial charge is 0.343 e. The number of carbonyl (C=O) groups is 1. The molecule has 24 heavy (non-hydrogen) atoms. The van der Waals surface area contributed by atoms with Crippen molar-refractivity contribution in [1.82, 2.24) is 9.55 Å². The van der Waals surface area contributed by atoms with Crippen LogP contribution in [0.4, 0.5) is 4.39 Å². The maximum atomic E-state index is 13.4. The number of rotatable bonds is 3. The molecule has 1 aromatic carbocycles. The maximum Gasteiger partial charge on any atom is 0.343 e. The molecule has 0 aliphatic carbocycles. The van der Waals surface area contributed by atoms with Crippen LogP contribution in [0.15, 0.2) is 47.4 Å². The van der Waals surface area contributed by atoms with Crippen LogP contribution in [0.25, 0.3) is 11.0 Å². The minimum Gasteiger partial charge on any atom is -0.465 e. The molecule has 0 aliphatic rings. The highest BCUT2D eigenvalue weighted by atomic mass is 19.1. The van der Waals surface area contributed by atoms with Crippen LogP contribution in [-0.4, -0.2) is 22.6 Å². The van der Waals surface area contributed by atoms with Crippen LogP contribution in [0.3, 0.4) is 0 Å². The zero-order chi connectivity index (χ0) is 17.3. The van der Waals surface area contributed by atoms with Gasteiger partial charge in [0.1, 0.15) is 17.0 Å². The number of nitrogens with zero attached hydrogens (tertiary/aromatic N) is 2. The molecule has 2 heterocycles. The summed E-state index contributed by atoms with van der Waals surface area (Å²) in [6.07, 6.45) is 1.41. The Morgan fingerprint density at radius 1 is 1.29 bits per heavy atom. The third kappa shape index (κ3) is 2.90. The molecule has 5 nitrogen and oxygen atoms in total. The third-order valence-electron chi connectivity index (χ3n) is 3.71. The average molecular weight is 326 g/mol. The van der Waals surface area contributed by atoms with Crippen molar-refractivity contribution in [2.24, 2.45) is 0 Å². The fraction of sp³-hybridized carbons (Fsp3) is 0.167. The molecule has 6 heteroatoms. The third-order valence-corrected chi connectivity index (χ3v) is 3.71. The number of aromatic nitrogens is 2. The number of pyridine rings is 2. The van der Waals surface area contributed by atoms with Gasteiger partial charge in [0.05, 0.1) is 12.5 Å². The Balaban J connectivity index is 2.24. The topological polar surface area (TPSA) is 61.2 Å². The first kappa shape index (κ1) is 15.9. The number of hydrogen-bond donors (Lipinski definition) is 0. The predicted octanol–water partition coefficient (Wildman–Crippen LogP) is 2.68. The quantitative estimate of drug-likeness (QED) is 0.694. The first-order chi connectivity index (χ1) is 11.5. The Morgan fingerprint density at radius 2 is 2.08 bits per heavy atom. The zero-order valence-electron chi connectivity index (χ0n) is 13.2. The number of fused-ring (bicyclic) bond motifs is 1. The molecular formula is C18H15FN2O3. The monoisotopic (exact) mass is 326 g/mol. The Kier molecular flexibility index (Phi) is 4.12. The van der Waals surface area contributed by atoms with Gasteiger partial charge >= 0.3 is 5.97 Å². The van der Waals surface area contributed by atoms with Crippen molar-refractivity contribution in [2.75, 3.05) is 7.11 Å². The first-order valence-electron chi connectivity index (χ1n) is 7.33. The summed E-state index contributed by atoms with van der Waals surface area (Å²) in [6.45, 7) is 2.08. The van der Waals surface area contributed by atoms with Gasteiger partial charge in [0, 0.05) is 18.4 Å². The van der Waals surface area contributed by atoms with Gasteiger partial charge in [-0.2, -0.15) is 0 Å². The highest BCUT2D eigenvalue weighted by Crippen LogP contribution is 2.14. The van der Waals surface area contributed by atoms with Gasteiger partial charge in [-0.05, 0) is 36.8 Å². The highest BCUT2D eigenvalue weighted by Gasteiger charge is 2.17. The lowest BCUT2D eigenvalue weighted by atomic mass is 10.1. The van der Waals surface area contributed by atoms with E-state index in [4.69, 9.17) is 0 Å². The normalized spacial score (nSPS) is 10.8. The zero-order valence-corrected chi connectivity index (χ0v) is 13.2. The molecule has 0 amide bonds. The van der Waals surface area contributed by atoms with Crippen LogP contribution >= 0.6 is 0 Å². The van der Waals surface area contributed by atoms with Crippen LogP contribution in [0.1, 0.15) is 21.6 Å². The van der Waals surface area contributed by atoms with Crippen molar-refractivity contribution in [3.8, 4) is 0 Å². The number of aryl methyl sites for hydroxylation is 1. The Morgan fingerprint density at radius 3 is 2.79 bits per heavy atom. The lowest BCUT2D eigenvalue weighted by Gasteiger charge is -2.13. The van der Waals surface area contributed by atoms with Crippen molar-refractivity contribution in [1.29, 1.82) is 0 Å². The molecule has 3 aromatic rings. The summed E-state index contributed by atoms with van der Waals surface area (Å²) in [5.41, 5.74) is 1.36. The molecule has 122 valence electrons. The van der Waals surface area contributed by atoms with Crippen molar-refractivity contribution in [2.45, 2.75) is 13.5 Å². The van der Waals surface area contributed by atoms with Crippen molar-refractivity contribution >= 4 is 17.0 Å². The van der Waals surface area contributed by atoms with E-state index in [1.165, 1.54) is 25.4 Å². The Labute approximate surface area is 137 Å². The molecule has 0 bridgehead atoms. The van der Waals surface area contributed by atoms with E-state index >= 15 is 0 Å². The van der Waals surface area contributed by atoms with E-state index in [9.17, 15) is 14.0 Å². The molecule has 0 spiro atoms. The van der Waals surface area contributed by atoms with E-state index in [2.05, 4.69) is 9.72 Å². The molecule has 0 fully saturated rings. The summed E-state index contributed by atoms with van der Waals surface area (Å²) in [5.74, 6) is -1.06. The van der Waals surface area contributed by atoms with Crippen LogP contribution in [0, 0.1) is 12.7 Å². The highest BCUT2D eigenvalue weighted by molar-refractivity contribution is 5.93. The minimum absolute atomic E-state index is 0.0768. The van der Waals surface area contributed by atoms with Gasteiger partial charge in [-0.3, -0.25) is 4.79 Å². The molecule has 0 saturated carbocycles. The van der Waals surface area contributed by atoms with Gasteiger partial charge in [0.15, 0.2) is 0 Å². The van der Waals surface area contributed by atoms with Gasteiger partial charge in [0.2, 0.25) is 5.43 Å². The molecular weight excluding hydrogens is 311 g/mol. The summed E-state index contributed by atoms with van der Waals surface area (Å²) in [6, 6.07) is 9.47. The lowest BCUT2D eigenvalue weighted by molar-refractivity contribution is 0.0598. The summed E-state index contributed by atoms with van der Waals surface area (Å²) in [5, 5.41) is 0.319. The van der Waals surface area contributed by atoms with Gasteiger partial charge in [-0.15, -0.1) is 0 Å². The van der Waals surface area contributed by atoms with Crippen molar-refractivity contribution in [3.63, 3.8) is 0 Å². The van der Waals surface area contributed by atoms with Gasteiger partial charge in [-0.25, -0.2) is 14.2 Å². The molecule has 0 N–H and O–H groups in total. The van der Waals surface area contributed by atoms with Crippen LogP contribution in [-0.2, 0) is 11.3 Å². The number of methoxy groups -OCH3 is 1. The number of benzene rings is 1. The molecule has 3 rings (SSSR count). The summed E-state index contributed by atoms with van der Waals surface area (Å²) < 4.78 is 19.8. The number of carbonyl (C=O) groups excluding carboxylic acids is 1. The number of hydrogen-bond acceptors (Lipinski definition) is 4. The van der Waals surface area contributed by atoms with E-state index in [-0.39, 0.29) is 17.9 Å². The molecule has 0 unspecified atom stereocenters. The van der Waals surface area contributed by atoms with Gasteiger partial charge in [-0.1, -0.05) is 12.1 Å². The van der Waals surface area contributed by atoms with Crippen LogP contribution in [0.5, 0.6) is 0 Å². The molecule has 0 aliphatic heterocycles. The summed E-state index contributed by atoms with van der Waals surface area (Å²) >= 11 is 0. The number of halogens is 1. The summed E-state index contributed by atoms with van der Waals surface area (Å²) in [7, 11) is 1.22. The van der Waals surface area contributed by atoms with E-state index in [1.807, 2.05) is 6.92 Å². The molecule has 2 aromatic heterocycles. The molecule has 0 saturated heterocycles.